The number of rotatable bonds is 10. The van der Waals surface area contributed by atoms with Gasteiger partial charge < -0.3 is 14.4 Å². The third-order valence-corrected chi connectivity index (χ3v) is 7.10. The Morgan fingerprint density at radius 3 is 2.35 bits per heavy atom. The second-order valence-corrected chi connectivity index (χ2v) is 10.5. The van der Waals surface area contributed by atoms with Crippen molar-refractivity contribution in [1.82, 2.24) is 4.90 Å². The molecule has 0 unspecified atom stereocenters. The van der Waals surface area contributed by atoms with Crippen LogP contribution in [0.25, 0.3) is 0 Å². The first-order chi connectivity index (χ1) is 16.2. The van der Waals surface area contributed by atoms with E-state index < -0.39 is 0 Å². The van der Waals surface area contributed by atoms with Crippen LogP contribution >= 0.6 is 0 Å². The Hall–Kier alpha value is -2.33. The SMILES string of the molecule is CCC(=O)N(CC[C@]1(c2ccc(C)cc2)CCO[C@H](C(C)C)C1)Cc1ccc(OC(C)C)cc1. The Bertz CT molecular complexity index is 904. The van der Waals surface area contributed by atoms with Gasteiger partial charge in [-0.3, -0.25) is 4.79 Å². The van der Waals surface area contributed by atoms with E-state index in [0.29, 0.717) is 18.9 Å². The van der Waals surface area contributed by atoms with Crippen LogP contribution in [-0.2, 0) is 21.5 Å². The molecule has 2 aromatic rings. The largest absolute Gasteiger partial charge is 0.491 e. The topological polar surface area (TPSA) is 38.8 Å². The van der Waals surface area contributed by atoms with Crippen molar-refractivity contribution in [2.24, 2.45) is 5.92 Å². The summed E-state index contributed by atoms with van der Waals surface area (Å²) in [5.74, 6) is 1.55. The maximum atomic E-state index is 12.9. The van der Waals surface area contributed by atoms with Gasteiger partial charge in [-0.2, -0.15) is 0 Å². The molecule has 4 nitrogen and oxygen atoms in total. The van der Waals surface area contributed by atoms with Crippen molar-refractivity contribution in [1.29, 1.82) is 0 Å². The quantitative estimate of drug-likeness (QED) is 0.393. The number of ether oxygens (including phenoxy) is 2. The van der Waals surface area contributed by atoms with E-state index in [9.17, 15) is 4.79 Å². The van der Waals surface area contributed by atoms with Crippen LogP contribution in [0.15, 0.2) is 48.5 Å². The maximum Gasteiger partial charge on any atom is 0.222 e. The zero-order chi connectivity index (χ0) is 24.7. The van der Waals surface area contributed by atoms with Gasteiger partial charge in [0, 0.05) is 31.5 Å². The zero-order valence-corrected chi connectivity index (χ0v) is 22.0. The molecule has 1 amide bonds. The second-order valence-electron chi connectivity index (χ2n) is 10.5. The molecule has 1 fully saturated rings. The Balaban J connectivity index is 1.79. The lowest BCUT2D eigenvalue weighted by Gasteiger charge is -2.44. The van der Waals surface area contributed by atoms with Gasteiger partial charge in [-0.25, -0.2) is 0 Å². The highest BCUT2D eigenvalue weighted by molar-refractivity contribution is 5.75. The van der Waals surface area contributed by atoms with Gasteiger partial charge in [-0.15, -0.1) is 0 Å². The van der Waals surface area contributed by atoms with Crippen molar-refractivity contribution in [3.8, 4) is 5.75 Å². The Kier molecular flexibility index (Phi) is 9.18. The Labute approximate surface area is 206 Å². The maximum absolute atomic E-state index is 12.9. The first kappa shape index (κ1) is 26.3. The van der Waals surface area contributed by atoms with Crippen LogP contribution in [0.3, 0.4) is 0 Å². The van der Waals surface area contributed by atoms with Crippen molar-refractivity contribution < 1.29 is 14.3 Å². The minimum absolute atomic E-state index is 0.0299. The second kappa shape index (κ2) is 11.9. The fraction of sp³-hybridized carbons (Fsp3) is 0.567. The molecule has 2 atom stereocenters. The molecule has 1 aliphatic rings. The van der Waals surface area contributed by atoms with Gasteiger partial charge >= 0.3 is 0 Å². The number of nitrogens with zero attached hydrogens (tertiary/aromatic N) is 1. The highest BCUT2D eigenvalue weighted by Gasteiger charge is 2.39. The van der Waals surface area contributed by atoms with Gasteiger partial charge in [0.2, 0.25) is 5.91 Å². The van der Waals surface area contributed by atoms with Crippen LogP contribution in [0.4, 0.5) is 0 Å². The van der Waals surface area contributed by atoms with Gasteiger partial charge in [-0.05, 0) is 69.2 Å². The van der Waals surface area contributed by atoms with Crippen molar-refractivity contribution in [3.63, 3.8) is 0 Å². The molecule has 2 aromatic carbocycles. The van der Waals surface area contributed by atoms with Crippen molar-refractivity contribution in [3.05, 3.63) is 65.2 Å². The minimum atomic E-state index is 0.0299. The van der Waals surface area contributed by atoms with Gasteiger partial charge in [0.05, 0.1) is 12.2 Å². The lowest BCUT2D eigenvalue weighted by Crippen LogP contribution is -2.43. The smallest absolute Gasteiger partial charge is 0.222 e. The van der Waals surface area contributed by atoms with Crippen LogP contribution in [0.1, 0.15) is 77.0 Å². The molecule has 1 saturated heterocycles. The summed E-state index contributed by atoms with van der Waals surface area (Å²) in [7, 11) is 0. The first-order valence-electron chi connectivity index (χ1n) is 12.9. The number of carbonyl (C=O) groups is 1. The highest BCUT2D eigenvalue weighted by Crippen LogP contribution is 2.42. The van der Waals surface area contributed by atoms with Gasteiger partial charge in [0.1, 0.15) is 5.75 Å². The summed E-state index contributed by atoms with van der Waals surface area (Å²) in [6, 6.07) is 17.2. The molecule has 0 N–H and O–H groups in total. The van der Waals surface area contributed by atoms with Crippen LogP contribution in [-0.4, -0.2) is 36.2 Å². The molecule has 1 aliphatic heterocycles. The van der Waals surface area contributed by atoms with E-state index in [1.54, 1.807) is 0 Å². The molecule has 1 heterocycles. The average molecular weight is 466 g/mol. The monoisotopic (exact) mass is 465 g/mol. The highest BCUT2D eigenvalue weighted by atomic mass is 16.5. The summed E-state index contributed by atoms with van der Waals surface area (Å²) in [5.41, 5.74) is 3.82. The molecular weight excluding hydrogens is 422 g/mol. The molecule has 0 radical (unpaired) electrons. The summed E-state index contributed by atoms with van der Waals surface area (Å²) < 4.78 is 11.9. The zero-order valence-electron chi connectivity index (χ0n) is 22.0. The normalized spacial score (nSPS) is 20.5. The number of amides is 1. The summed E-state index contributed by atoms with van der Waals surface area (Å²) in [6.45, 7) is 14.8. The number of hydrogen-bond acceptors (Lipinski definition) is 3. The van der Waals surface area contributed by atoms with Crippen LogP contribution < -0.4 is 4.74 Å². The predicted molar refractivity (Wildman–Crippen MR) is 139 cm³/mol. The van der Waals surface area contributed by atoms with E-state index in [-0.39, 0.29) is 23.5 Å². The first-order valence-corrected chi connectivity index (χ1v) is 12.9. The molecule has 0 bridgehead atoms. The third-order valence-electron chi connectivity index (χ3n) is 7.10. The summed E-state index contributed by atoms with van der Waals surface area (Å²) in [5, 5.41) is 0. The lowest BCUT2D eigenvalue weighted by molar-refractivity contribution is -0.132. The van der Waals surface area contributed by atoms with E-state index in [1.807, 2.05) is 37.8 Å². The molecule has 4 heteroatoms. The fourth-order valence-electron chi connectivity index (χ4n) is 4.95. The van der Waals surface area contributed by atoms with E-state index in [1.165, 1.54) is 11.1 Å². The number of carbonyl (C=O) groups excluding carboxylic acids is 1. The molecular formula is C30H43NO3. The summed E-state index contributed by atoms with van der Waals surface area (Å²) >= 11 is 0. The minimum Gasteiger partial charge on any atom is -0.491 e. The standard InChI is InChI=1S/C30H43NO3/c1-7-29(32)31(21-25-10-14-27(15-11-25)34-23(4)5)18-16-30(26-12-8-24(6)9-13-26)17-19-33-28(20-30)22(2)3/h8-15,22-23,28H,7,16-21H2,1-6H3/t28-,30-/m0/s1. The van der Waals surface area contributed by atoms with Crippen LogP contribution in [0.2, 0.25) is 0 Å². The van der Waals surface area contributed by atoms with E-state index in [0.717, 1.165) is 43.7 Å². The number of hydrogen-bond donors (Lipinski definition) is 0. The van der Waals surface area contributed by atoms with Crippen LogP contribution in [0.5, 0.6) is 5.75 Å². The third kappa shape index (κ3) is 6.85. The Morgan fingerprint density at radius 2 is 1.76 bits per heavy atom. The lowest BCUT2D eigenvalue weighted by atomic mass is 9.68. The van der Waals surface area contributed by atoms with Gasteiger partial charge in [-0.1, -0.05) is 62.7 Å². The molecule has 186 valence electrons. The molecule has 0 aromatic heterocycles. The summed E-state index contributed by atoms with van der Waals surface area (Å²) in [4.78, 5) is 15.0. The Morgan fingerprint density at radius 1 is 1.09 bits per heavy atom. The van der Waals surface area contributed by atoms with E-state index in [4.69, 9.17) is 9.47 Å². The predicted octanol–water partition coefficient (Wildman–Crippen LogP) is 6.68. The molecule has 0 aliphatic carbocycles. The summed E-state index contributed by atoms with van der Waals surface area (Å²) in [6.07, 6.45) is 3.86. The van der Waals surface area contributed by atoms with Crippen molar-refractivity contribution in [2.45, 2.75) is 91.4 Å². The number of benzene rings is 2. The molecule has 3 rings (SSSR count). The van der Waals surface area contributed by atoms with Gasteiger partial charge in [0.25, 0.3) is 0 Å². The average Bonchev–Trinajstić information content (AvgIpc) is 2.82. The van der Waals surface area contributed by atoms with E-state index in [2.05, 4.69) is 57.2 Å². The van der Waals surface area contributed by atoms with Crippen molar-refractivity contribution in [2.75, 3.05) is 13.2 Å². The molecule has 34 heavy (non-hydrogen) atoms. The van der Waals surface area contributed by atoms with E-state index >= 15 is 0 Å². The van der Waals surface area contributed by atoms with Crippen LogP contribution in [0, 0.1) is 12.8 Å². The molecule has 0 saturated carbocycles. The van der Waals surface area contributed by atoms with Gasteiger partial charge in [0.15, 0.2) is 0 Å². The molecule has 0 spiro atoms. The van der Waals surface area contributed by atoms with Crippen molar-refractivity contribution >= 4 is 5.91 Å². The fourth-order valence-corrected chi connectivity index (χ4v) is 4.95. The number of aryl methyl sites for hydroxylation is 1.